The average molecular weight is 269 g/mol. The molecule has 8 nitrogen and oxygen atoms in total. The van der Waals surface area contributed by atoms with E-state index in [2.05, 4.69) is 9.97 Å². The van der Waals surface area contributed by atoms with Gasteiger partial charge >= 0.3 is 5.97 Å². The van der Waals surface area contributed by atoms with Crippen LogP contribution in [0.15, 0.2) is 10.9 Å². The second-order valence-corrected chi connectivity index (χ2v) is 4.24. The Kier molecular flexibility index (Phi) is 4.13. The van der Waals surface area contributed by atoms with Crippen molar-refractivity contribution in [2.45, 2.75) is 12.5 Å². The molecule has 2 rings (SSSR count). The molecule has 0 radical (unpaired) electrons. The van der Waals surface area contributed by atoms with Gasteiger partial charge in [0.2, 0.25) is 0 Å². The van der Waals surface area contributed by atoms with Crippen molar-refractivity contribution < 1.29 is 19.7 Å². The van der Waals surface area contributed by atoms with Crippen molar-refractivity contribution in [3.63, 3.8) is 0 Å². The van der Waals surface area contributed by atoms with Gasteiger partial charge in [0, 0.05) is 19.2 Å². The van der Waals surface area contributed by atoms with Crippen LogP contribution in [0.2, 0.25) is 0 Å². The van der Waals surface area contributed by atoms with Gasteiger partial charge in [0.1, 0.15) is 18.1 Å². The minimum atomic E-state index is -1.06. The zero-order chi connectivity index (χ0) is 13.8. The third-order valence-corrected chi connectivity index (χ3v) is 2.76. The fourth-order valence-corrected chi connectivity index (χ4v) is 1.92. The molecule has 0 spiro atoms. The number of aromatic nitrogens is 2. The zero-order valence-corrected chi connectivity index (χ0v) is 10.2. The van der Waals surface area contributed by atoms with Crippen LogP contribution in [0.3, 0.4) is 0 Å². The molecule has 1 aliphatic rings. The van der Waals surface area contributed by atoms with E-state index in [-0.39, 0.29) is 25.0 Å². The lowest BCUT2D eigenvalue weighted by molar-refractivity contribution is -0.136. The van der Waals surface area contributed by atoms with Gasteiger partial charge in [-0.1, -0.05) is 0 Å². The Morgan fingerprint density at radius 2 is 2.42 bits per heavy atom. The molecule has 1 saturated heterocycles. The Morgan fingerprint density at radius 1 is 1.63 bits per heavy atom. The number of aliphatic hydroxyl groups is 1. The van der Waals surface area contributed by atoms with Crippen molar-refractivity contribution in [1.82, 2.24) is 9.97 Å². The summed E-state index contributed by atoms with van der Waals surface area (Å²) in [5.41, 5.74) is -0.395. The predicted molar refractivity (Wildman–Crippen MR) is 65.2 cm³/mol. The maximum atomic E-state index is 11.5. The van der Waals surface area contributed by atoms with Crippen molar-refractivity contribution >= 4 is 11.8 Å². The van der Waals surface area contributed by atoms with Gasteiger partial charge in [-0.2, -0.15) is 0 Å². The van der Waals surface area contributed by atoms with Crippen molar-refractivity contribution in [2.24, 2.45) is 0 Å². The molecular weight excluding hydrogens is 254 g/mol. The van der Waals surface area contributed by atoms with E-state index in [1.807, 2.05) is 0 Å². The highest BCUT2D eigenvalue weighted by Crippen LogP contribution is 2.13. The van der Waals surface area contributed by atoms with Crippen molar-refractivity contribution in [1.29, 1.82) is 0 Å². The number of aliphatic carboxylic acids is 1. The Labute approximate surface area is 108 Å². The summed E-state index contributed by atoms with van der Waals surface area (Å²) in [6.07, 6.45) is -0.658. The van der Waals surface area contributed by atoms with Crippen LogP contribution in [0, 0.1) is 0 Å². The van der Waals surface area contributed by atoms with Crippen LogP contribution < -0.4 is 10.5 Å². The number of rotatable bonds is 4. The van der Waals surface area contributed by atoms with E-state index in [0.29, 0.717) is 25.5 Å². The fraction of sp³-hybridized carbons (Fsp3) is 0.545. The summed E-state index contributed by atoms with van der Waals surface area (Å²) in [5.74, 6) is -0.542. The first-order valence-corrected chi connectivity index (χ1v) is 5.88. The number of aromatic amines is 1. The predicted octanol–water partition coefficient (Wildman–Crippen LogP) is -1.41. The Hall–Kier alpha value is -1.93. The summed E-state index contributed by atoms with van der Waals surface area (Å²) >= 11 is 0. The van der Waals surface area contributed by atoms with Gasteiger partial charge in [-0.25, -0.2) is 4.98 Å². The van der Waals surface area contributed by atoms with Gasteiger partial charge in [-0.15, -0.1) is 0 Å². The number of carboxylic acids is 1. The maximum Gasteiger partial charge on any atom is 0.311 e. The molecule has 19 heavy (non-hydrogen) atoms. The summed E-state index contributed by atoms with van der Waals surface area (Å²) < 4.78 is 5.30. The minimum Gasteiger partial charge on any atom is -0.481 e. The number of hydrogen-bond donors (Lipinski definition) is 3. The Morgan fingerprint density at radius 3 is 3.11 bits per heavy atom. The quantitative estimate of drug-likeness (QED) is 0.615. The van der Waals surface area contributed by atoms with Gasteiger partial charge in [-0.05, 0) is 0 Å². The van der Waals surface area contributed by atoms with Crippen LogP contribution in [0.25, 0.3) is 0 Å². The molecule has 1 fully saturated rings. The van der Waals surface area contributed by atoms with Crippen molar-refractivity contribution in [3.8, 4) is 0 Å². The molecule has 3 N–H and O–H groups in total. The number of hydrogen-bond acceptors (Lipinski definition) is 6. The van der Waals surface area contributed by atoms with Crippen LogP contribution in [-0.2, 0) is 16.0 Å². The molecule has 0 aromatic carbocycles. The summed E-state index contributed by atoms with van der Waals surface area (Å²) in [6, 6.07) is 1.31. The second kappa shape index (κ2) is 5.81. The molecule has 2 heterocycles. The van der Waals surface area contributed by atoms with E-state index >= 15 is 0 Å². The summed E-state index contributed by atoms with van der Waals surface area (Å²) in [7, 11) is 0. The molecule has 1 aliphatic heterocycles. The third-order valence-electron chi connectivity index (χ3n) is 2.76. The minimum absolute atomic E-state index is 0.109. The highest BCUT2D eigenvalue weighted by atomic mass is 16.5. The first-order chi connectivity index (χ1) is 9.08. The average Bonchev–Trinajstić information content (AvgIpc) is 2.37. The normalized spacial score (nSPS) is 19.4. The monoisotopic (exact) mass is 269 g/mol. The number of ether oxygens (including phenoxy) is 1. The maximum absolute atomic E-state index is 11.5. The Bertz CT molecular complexity index is 515. The summed E-state index contributed by atoms with van der Waals surface area (Å²) in [6.45, 7) is 1.27. The number of nitrogens with zero attached hydrogens (tertiary/aromatic N) is 2. The van der Waals surface area contributed by atoms with E-state index in [0.717, 1.165) is 0 Å². The van der Waals surface area contributed by atoms with Crippen LogP contribution >= 0.6 is 0 Å². The first-order valence-electron chi connectivity index (χ1n) is 5.88. The number of nitrogens with one attached hydrogen (secondary N) is 1. The SMILES string of the molecule is O=C(O)Cc1nc(N2CCOC(CO)C2)cc(=O)[nH]1. The van der Waals surface area contributed by atoms with Crippen LogP contribution in [0.5, 0.6) is 0 Å². The van der Waals surface area contributed by atoms with Gasteiger partial charge < -0.3 is 24.8 Å². The standard InChI is InChI=1S/C11H15N3O5/c15-6-7-5-14(1-2-19-7)9-4-10(16)13-8(12-9)3-11(17)18/h4,7,15H,1-3,5-6H2,(H,17,18)(H,12,13,16). The zero-order valence-electron chi connectivity index (χ0n) is 10.2. The van der Waals surface area contributed by atoms with Gasteiger partial charge in [-0.3, -0.25) is 9.59 Å². The number of carbonyl (C=O) groups is 1. The fourth-order valence-electron chi connectivity index (χ4n) is 1.92. The van der Waals surface area contributed by atoms with Gasteiger partial charge in [0.15, 0.2) is 0 Å². The lowest BCUT2D eigenvalue weighted by Crippen LogP contribution is -2.45. The van der Waals surface area contributed by atoms with E-state index in [4.69, 9.17) is 14.9 Å². The lowest BCUT2D eigenvalue weighted by Gasteiger charge is -2.32. The highest BCUT2D eigenvalue weighted by molar-refractivity contribution is 5.69. The highest BCUT2D eigenvalue weighted by Gasteiger charge is 2.21. The molecule has 104 valence electrons. The van der Waals surface area contributed by atoms with E-state index < -0.39 is 11.5 Å². The lowest BCUT2D eigenvalue weighted by atomic mass is 10.3. The molecule has 1 aromatic heterocycles. The molecule has 0 bridgehead atoms. The Balaban J connectivity index is 2.21. The second-order valence-electron chi connectivity index (χ2n) is 4.24. The molecule has 0 aliphatic carbocycles. The number of carboxylic acid groups (broad SMARTS) is 1. The summed E-state index contributed by atoms with van der Waals surface area (Å²) in [5, 5.41) is 17.8. The summed E-state index contributed by atoms with van der Waals surface area (Å²) in [4.78, 5) is 30.4. The number of anilines is 1. The number of aliphatic hydroxyl groups excluding tert-OH is 1. The van der Waals surface area contributed by atoms with Crippen LogP contribution in [0.1, 0.15) is 5.82 Å². The van der Waals surface area contributed by atoms with Gasteiger partial charge in [0.25, 0.3) is 5.56 Å². The van der Waals surface area contributed by atoms with Crippen molar-refractivity contribution in [3.05, 3.63) is 22.2 Å². The van der Waals surface area contributed by atoms with E-state index in [1.165, 1.54) is 6.07 Å². The molecule has 0 saturated carbocycles. The largest absolute Gasteiger partial charge is 0.481 e. The first kappa shape index (κ1) is 13.5. The van der Waals surface area contributed by atoms with Gasteiger partial charge in [0.05, 0.1) is 19.3 Å². The number of morpholine rings is 1. The molecule has 8 heteroatoms. The van der Waals surface area contributed by atoms with Crippen LogP contribution in [0.4, 0.5) is 5.82 Å². The van der Waals surface area contributed by atoms with E-state index in [1.54, 1.807) is 4.90 Å². The topological polar surface area (TPSA) is 116 Å². The molecule has 1 aromatic rings. The molecule has 1 unspecified atom stereocenters. The molecule has 1 atom stereocenters. The third kappa shape index (κ3) is 3.52. The molecule has 0 amide bonds. The number of H-pyrrole nitrogens is 1. The van der Waals surface area contributed by atoms with Crippen molar-refractivity contribution in [2.75, 3.05) is 31.2 Å². The van der Waals surface area contributed by atoms with E-state index in [9.17, 15) is 9.59 Å². The van der Waals surface area contributed by atoms with Crippen LogP contribution in [-0.4, -0.2) is 58.6 Å². The molecular formula is C11H15N3O5. The smallest absolute Gasteiger partial charge is 0.311 e.